The van der Waals surface area contributed by atoms with E-state index in [4.69, 9.17) is 11.6 Å². The highest BCUT2D eigenvalue weighted by Crippen LogP contribution is 2.32. The normalized spacial score (nSPS) is 14.7. The number of anilines is 1. The molecule has 0 N–H and O–H groups in total. The van der Waals surface area contributed by atoms with Gasteiger partial charge in [-0.05, 0) is 35.1 Å². The monoisotopic (exact) mass is 281 g/mol. The molecule has 0 atom stereocenters. The average molecular weight is 282 g/mol. The van der Waals surface area contributed by atoms with Crippen molar-refractivity contribution in [3.05, 3.63) is 51.5 Å². The first-order chi connectivity index (χ1) is 8.79. The first kappa shape index (κ1) is 12.0. The Morgan fingerprint density at radius 3 is 3.06 bits per heavy atom. The van der Waals surface area contributed by atoms with Gasteiger partial charge in [0.15, 0.2) is 0 Å². The summed E-state index contributed by atoms with van der Waals surface area (Å²) in [6.45, 7) is 1.64. The zero-order valence-electron chi connectivity index (χ0n) is 9.83. The molecule has 4 heteroatoms. The van der Waals surface area contributed by atoms with E-state index in [0.29, 0.717) is 11.6 Å². The maximum absolute atomic E-state index is 14.0. The Morgan fingerprint density at radius 1 is 1.33 bits per heavy atom. The minimum Gasteiger partial charge on any atom is -0.364 e. The van der Waals surface area contributed by atoms with E-state index in [1.807, 2.05) is 6.07 Å². The summed E-state index contributed by atoms with van der Waals surface area (Å²) in [4.78, 5) is 3.53. The highest BCUT2D eigenvalue weighted by molar-refractivity contribution is 7.10. The predicted octanol–water partition coefficient (Wildman–Crippen LogP) is 4.19. The van der Waals surface area contributed by atoms with Crippen LogP contribution in [0.15, 0.2) is 29.6 Å². The number of fused-ring (bicyclic) bond motifs is 1. The van der Waals surface area contributed by atoms with Gasteiger partial charge in [0.25, 0.3) is 0 Å². The van der Waals surface area contributed by atoms with Crippen LogP contribution in [-0.2, 0) is 18.8 Å². The van der Waals surface area contributed by atoms with Gasteiger partial charge in [-0.15, -0.1) is 22.9 Å². The van der Waals surface area contributed by atoms with E-state index >= 15 is 0 Å². The second-order valence-corrected chi connectivity index (χ2v) is 5.69. The van der Waals surface area contributed by atoms with Crippen molar-refractivity contribution in [3.63, 3.8) is 0 Å². The zero-order valence-corrected chi connectivity index (χ0v) is 11.4. The van der Waals surface area contributed by atoms with Crippen LogP contribution in [0.1, 0.15) is 16.0 Å². The molecule has 2 heterocycles. The molecule has 1 aromatic heterocycles. The van der Waals surface area contributed by atoms with Gasteiger partial charge >= 0.3 is 0 Å². The minimum absolute atomic E-state index is 0.174. The fourth-order valence-electron chi connectivity index (χ4n) is 2.46. The number of nitrogens with zero attached hydrogens (tertiary/aromatic N) is 1. The average Bonchev–Trinajstić information content (AvgIpc) is 2.85. The molecule has 1 aliphatic heterocycles. The van der Waals surface area contributed by atoms with Gasteiger partial charge in [0.2, 0.25) is 0 Å². The summed E-state index contributed by atoms with van der Waals surface area (Å²) in [5.41, 5.74) is 2.86. The molecule has 0 spiro atoms. The molecule has 0 radical (unpaired) electrons. The molecule has 2 aromatic rings. The smallest absolute Gasteiger partial charge is 0.146 e. The van der Waals surface area contributed by atoms with Crippen LogP contribution in [-0.4, -0.2) is 6.54 Å². The number of hydrogen-bond acceptors (Lipinski definition) is 2. The summed E-state index contributed by atoms with van der Waals surface area (Å²) in [7, 11) is 0. The van der Waals surface area contributed by atoms with Crippen molar-refractivity contribution in [1.29, 1.82) is 0 Å². The van der Waals surface area contributed by atoms with Crippen molar-refractivity contribution in [2.24, 2.45) is 0 Å². The lowest BCUT2D eigenvalue weighted by Crippen LogP contribution is -2.30. The third-order valence-corrected chi connectivity index (χ3v) is 4.65. The van der Waals surface area contributed by atoms with Gasteiger partial charge in [-0.1, -0.05) is 12.1 Å². The molecule has 0 unspecified atom stereocenters. The van der Waals surface area contributed by atoms with Gasteiger partial charge in [0, 0.05) is 23.8 Å². The maximum atomic E-state index is 14.0. The molecule has 0 saturated heterocycles. The SMILES string of the molecule is Fc1cccc(CCl)c1N1CCc2sccc2C1. The number of thiophene rings is 1. The number of hydrogen-bond donors (Lipinski definition) is 0. The number of rotatable bonds is 2. The first-order valence-corrected chi connectivity index (χ1v) is 7.34. The van der Waals surface area contributed by atoms with E-state index in [9.17, 15) is 4.39 Å². The fourth-order valence-corrected chi connectivity index (χ4v) is 3.57. The molecule has 1 nitrogen and oxygen atoms in total. The molecule has 0 amide bonds. The molecule has 0 fully saturated rings. The van der Waals surface area contributed by atoms with E-state index in [-0.39, 0.29) is 5.82 Å². The Kier molecular flexibility index (Phi) is 3.27. The Balaban J connectivity index is 1.97. The fraction of sp³-hybridized carbons (Fsp3) is 0.286. The van der Waals surface area contributed by atoms with Gasteiger partial charge in [-0.25, -0.2) is 4.39 Å². The van der Waals surface area contributed by atoms with E-state index in [1.54, 1.807) is 17.4 Å². The largest absolute Gasteiger partial charge is 0.364 e. The van der Waals surface area contributed by atoms with E-state index < -0.39 is 0 Å². The second kappa shape index (κ2) is 4.90. The van der Waals surface area contributed by atoms with Crippen LogP contribution in [0, 0.1) is 5.82 Å². The maximum Gasteiger partial charge on any atom is 0.146 e. The third kappa shape index (κ3) is 2.02. The second-order valence-electron chi connectivity index (χ2n) is 4.42. The van der Waals surface area contributed by atoms with Crippen molar-refractivity contribution in [2.75, 3.05) is 11.4 Å². The zero-order chi connectivity index (χ0) is 12.5. The summed E-state index contributed by atoms with van der Waals surface area (Å²) >= 11 is 7.70. The van der Waals surface area contributed by atoms with Gasteiger partial charge < -0.3 is 4.90 Å². The standard InChI is InChI=1S/C14H13ClFNS/c15-8-10-2-1-3-12(16)14(10)17-6-4-13-11(9-17)5-7-18-13/h1-3,5,7H,4,6,8-9H2. The predicted molar refractivity (Wildman–Crippen MR) is 75.0 cm³/mol. The lowest BCUT2D eigenvalue weighted by Gasteiger charge is -2.30. The Bertz CT molecular complexity index is 567. The topological polar surface area (TPSA) is 3.24 Å². The molecule has 18 heavy (non-hydrogen) atoms. The molecule has 0 aliphatic carbocycles. The van der Waals surface area contributed by atoms with Crippen LogP contribution in [0.25, 0.3) is 0 Å². The summed E-state index contributed by atoms with van der Waals surface area (Å²) in [6.07, 6.45) is 0.989. The minimum atomic E-state index is -0.174. The van der Waals surface area contributed by atoms with E-state index in [1.165, 1.54) is 16.5 Å². The van der Waals surface area contributed by atoms with Crippen LogP contribution in [0.5, 0.6) is 0 Å². The molecular formula is C14H13ClFNS. The molecule has 1 aromatic carbocycles. The van der Waals surface area contributed by atoms with E-state index in [2.05, 4.69) is 16.3 Å². The quantitative estimate of drug-likeness (QED) is 0.746. The van der Waals surface area contributed by atoms with Crippen LogP contribution in [0.3, 0.4) is 0 Å². The van der Waals surface area contributed by atoms with Crippen molar-refractivity contribution in [2.45, 2.75) is 18.8 Å². The highest BCUT2D eigenvalue weighted by Gasteiger charge is 2.21. The van der Waals surface area contributed by atoms with Crippen LogP contribution >= 0.6 is 22.9 Å². The Hall–Kier alpha value is -1.06. The van der Waals surface area contributed by atoms with Gasteiger partial charge in [0.1, 0.15) is 5.82 Å². The lowest BCUT2D eigenvalue weighted by molar-refractivity contribution is 0.609. The molecule has 3 rings (SSSR count). The van der Waals surface area contributed by atoms with Crippen LogP contribution in [0.2, 0.25) is 0 Å². The number of halogens is 2. The molecule has 0 saturated carbocycles. The summed E-state index contributed by atoms with van der Waals surface area (Å²) < 4.78 is 14.0. The lowest BCUT2D eigenvalue weighted by atomic mass is 10.1. The third-order valence-electron chi connectivity index (χ3n) is 3.34. The van der Waals surface area contributed by atoms with Crippen molar-refractivity contribution < 1.29 is 4.39 Å². The Labute approximate surface area is 115 Å². The summed E-state index contributed by atoms with van der Waals surface area (Å²) in [6, 6.07) is 7.26. The molecule has 94 valence electrons. The van der Waals surface area contributed by atoms with Gasteiger partial charge in [-0.3, -0.25) is 0 Å². The van der Waals surface area contributed by atoms with E-state index in [0.717, 1.165) is 25.1 Å². The molecule has 1 aliphatic rings. The number of para-hydroxylation sites is 1. The highest BCUT2D eigenvalue weighted by atomic mass is 35.5. The van der Waals surface area contributed by atoms with Crippen molar-refractivity contribution in [3.8, 4) is 0 Å². The summed E-state index contributed by atoms with van der Waals surface area (Å²) in [5.74, 6) is 0.173. The van der Waals surface area contributed by atoms with Crippen LogP contribution < -0.4 is 4.90 Å². The van der Waals surface area contributed by atoms with Crippen molar-refractivity contribution >= 4 is 28.6 Å². The molecule has 0 bridgehead atoms. The van der Waals surface area contributed by atoms with Crippen LogP contribution in [0.4, 0.5) is 10.1 Å². The molecular weight excluding hydrogens is 269 g/mol. The first-order valence-electron chi connectivity index (χ1n) is 5.93. The Morgan fingerprint density at radius 2 is 2.22 bits per heavy atom. The number of alkyl halides is 1. The van der Waals surface area contributed by atoms with Crippen molar-refractivity contribution in [1.82, 2.24) is 0 Å². The van der Waals surface area contributed by atoms with Gasteiger partial charge in [-0.2, -0.15) is 0 Å². The summed E-state index contributed by atoms with van der Waals surface area (Å²) in [5, 5.41) is 2.11. The van der Waals surface area contributed by atoms with Gasteiger partial charge in [0.05, 0.1) is 5.69 Å². The number of benzene rings is 1.